The van der Waals surface area contributed by atoms with Crippen molar-refractivity contribution >= 4 is 0 Å². The van der Waals surface area contributed by atoms with Gasteiger partial charge in [-0.05, 0) is 18.1 Å². The standard InChI is InChI=1S/C15H17NO2/c1-2-4-12(5-3-1)14-7-9-18-11-15(16-14)13-6-8-17-10-13/h1-6,8,10,14-16H,7,9,11H2/t14-,15+/m0/s1. The summed E-state index contributed by atoms with van der Waals surface area (Å²) in [5, 5.41) is 3.65. The largest absolute Gasteiger partial charge is 0.472 e. The van der Waals surface area contributed by atoms with Crippen LogP contribution >= 0.6 is 0 Å². The van der Waals surface area contributed by atoms with Gasteiger partial charge in [-0.25, -0.2) is 0 Å². The molecule has 3 rings (SSSR count). The Morgan fingerprint density at radius 2 is 1.89 bits per heavy atom. The van der Waals surface area contributed by atoms with Crippen molar-refractivity contribution in [1.82, 2.24) is 5.32 Å². The van der Waals surface area contributed by atoms with Gasteiger partial charge in [-0.2, -0.15) is 0 Å². The molecular weight excluding hydrogens is 226 g/mol. The molecule has 1 saturated heterocycles. The lowest BCUT2D eigenvalue weighted by atomic mass is 10.0. The van der Waals surface area contributed by atoms with Gasteiger partial charge in [0, 0.05) is 18.2 Å². The van der Waals surface area contributed by atoms with E-state index in [0.717, 1.165) is 18.6 Å². The van der Waals surface area contributed by atoms with E-state index in [1.807, 2.05) is 12.1 Å². The van der Waals surface area contributed by atoms with Crippen molar-refractivity contribution < 1.29 is 9.15 Å². The number of nitrogens with one attached hydrogen (secondary N) is 1. The highest BCUT2D eigenvalue weighted by Gasteiger charge is 2.22. The zero-order valence-corrected chi connectivity index (χ0v) is 10.2. The maximum absolute atomic E-state index is 5.68. The highest BCUT2D eigenvalue weighted by molar-refractivity contribution is 5.21. The minimum absolute atomic E-state index is 0.205. The molecule has 18 heavy (non-hydrogen) atoms. The predicted molar refractivity (Wildman–Crippen MR) is 69.2 cm³/mol. The SMILES string of the molecule is c1ccc([C@@H]2CCOC[C@H](c3ccoc3)N2)cc1. The Bertz CT molecular complexity index is 467. The van der Waals surface area contributed by atoms with Gasteiger partial charge in [0.15, 0.2) is 0 Å². The molecule has 94 valence electrons. The van der Waals surface area contributed by atoms with Gasteiger partial charge in [0.2, 0.25) is 0 Å². The van der Waals surface area contributed by atoms with Crippen LogP contribution in [0.3, 0.4) is 0 Å². The third kappa shape index (κ3) is 2.47. The summed E-state index contributed by atoms with van der Waals surface area (Å²) in [5.74, 6) is 0. The first-order chi connectivity index (χ1) is 8.93. The van der Waals surface area contributed by atoms with E-state index in [0.29, 0.717) is 12.6 Å². The third-order valence-corrected chi connectivity index (χ3v) is 3.39. The van der Waals surface area contributed by atoms with E-state index in [9.17, 15) is 0 Å². The average molecular weight is 243 g/mol. The first-order valence-electron chi connectivity index (χ1n) is 6.34. The maximum atomic E-state index is 5.68. The normalized spacial score (nSPS) is 24.7. The summed E-state index contributed by atoms with van der Waals surface area (Å²) in [7, 11) is 0. The van der Waals surface area contributed by atoms with E-state index in [2.05, 4.69) is 29.6 Å². The van der Waals surface area contributed by atoms with Gasteiger partial charge < -0.3 is 14.5 Å². The Hall–Kier alpha value is -1.58. The van der Waals surface area contributed by atoms with Gasteiger partial charge in [0.25, 0.3) is 0 Å². The van der Waals surface area contributed by atoms with Gasteiger partial charge in [0.05, 0.1) is 25.2 Å². The highest BCUT2D eigenvalue weighted by atomic mass is 16.5. The number of hydrogen-bond acceptors (Lipinski definition) is 3. The molecule has 1 fully saturated rings. The second-order valence-electron chi connectivity index (χ2n) is 4.60. The van der Waals surface area contributed by atoms with E-state index in [-0.39, 0.29) is 6.04 Å². The molecule has 1 aromatic heterocycles. The van der Waals surface area contributed by atoms with E-state index < -0.39 is 0 Å². The van der Waals surface area contributed by atoms with Crippen molar-refractivity contribution in [2.45, 2.75) is 18.5 Å². The lowest BCUT2D eigenvalue weighted by molar-refractivity contribution is 0.131. The summed E-state index contributed by atoms with van der Waals surface area (Å²) in [4.78, 5) is 0. The first-order valence-corrected chi connectivity index (χ1v) is 6.34. The molecule has 0 unspecified atom stereocenters. The molecule has 3 heteroatoms. The smallest absolute Gasteiger partial charge is 0.0951 e. The van der Waals surface area contributed by atoms with Crippen LogP contribution in [0.15, 0.2) is 53.3 Å². The first kappa shape index (κ1) is 11.5. The molecule has 0 spiro atoms. The molecule has 2 atom stereocenters. The summed E-state index contributed by atoms with van der Waals surface area (Å²) in [5.41, 5.74) is 2.47. The molecule has 0 amide bonds. The lowest BCUT2D eigenvalue weighted by Crippen LogP contribution is -2.26. The Balaban J connectivity index is 1.79. The van der Waals surface area contributed by atoms with E-state index in [1.165, 1.54) is 5.56 Å². The molecular formula is C15H17NO2. The third-order valence-electron chi connectivity index (χ3n) is 3.39. The van der Waals surface area contributed by atoms with Crippen molar-refractivity contribution in [3.63, 3.8) is 0 Å². The number of hydrogen-bond donors (Lipinski definition) is 1. The Kier molecular flexibility index (Phi) is 3.44. The van der Waals surface area contributed by atoms with Crippen LogP contribution in [0.1, 0.15) is 29.6 Å². The van der Waals surface area contributed by atoms with Gasteiger partial charge in [-0.1, -0.05) is 30.3 Å². The summed E-state index contributed by atoms with van der Waals surface area (Å²) in [6.07, 6.45) is 4.49. The fourth-order valence-electron chi connectivity index (χ4n) is 2.39. The quantitative estimate of drug-likeness (QED) is 0.880. The molecule has 0 bridgehead atoms. The fourth-order valence-corrected chi connectivity index (χ4v) is 2.39. The van der Waals surface area contributed by atoms with E-state index >= 15 is 0 Å². The Morgan fingerprint density at radius 1 is 1.00 bits per heavy atom. The summed E-state index contributed by atoms with van der Waals surface area (Å²) < 4.78 is 10.8. The van der Waals surface area contributed by atoms with Crippen LogP contribution in [0.4, 0.5) is 0 Å². The van der Waals surface area contributed by atoms with Gasteiger partial charge in [0.1, 0.15) is 0 Å². The lowest BCUT2D eigenvalue weighted by Gasteiger charge is -2.21. The summed E-state index contributed by atoms with van der Waals surface area (Å²) >= 11 is 0. The van der Waals surface area contributed by atoms with Crippen LogP contribution in [0.2, 0.25) is 0 Å². The maximum Gasteiger partial charge on any atom is 0.0951 e. The van der Waals surface area contributed by atoms with Crippen molar-refractivity contribution in [3.05, 3.63) is 60.1 Å². The zero-order valence-electron chi connectivity index (χ0n) is 10.2. The number of rotatable bonds is 2. The molecule has 0 saturated carbocycles. The minimum Gasteiger partial charge on any atom is -0.472 e. The van der Waals surface area contributed by atoms with Crippen LogP contribution in [0.25, 0.3) is 0 Å². The van der Waals surface area contributed by atoms with Crippen molar-refractivity contribution in [3.8, 4) is 0 Å². The molecule has 1 aliphatic rings. The second-order valence-corrected chi connectivity index (χ2v) is 4.60. The molecule has 1 aromatic carbocycles. The van der Waals surface area contributed by atoms with Crippen LogP contribution < -0.4 is 5.32 Å². The molecule has 0 radical (unpaired) electrons. The van der Waals surface area contributed by atoms with E-state index in [1.54, 1.807) is 12.5 Å². The highest BCUT2D eigenvalue weighted by Crippen LogP contribution is 2.25. The second kappa shape index (κ2) is 5.38. The molecule has 0 aliphatic carbocycles. The molecule has 2 heterocycles. The van der Waals surface area contributed by atoms with Crippen molar-refractivity contribution in [2.24, 2.45) is 0 Å². The van der Waals surface area contributed by atoms with Crippen LogP contribution in [-0.4, -0.2) is 13.2 Å². The number of furan rings is 1. The number of ether oxygens (including phenoxy) is 1. The van der Waals surface area contributed by atoms with Gasteiger partial charge in [-0.15, -0.1) is 0 Å². The topological polar surface area (TPSA) is 34.4 Å². The van der Waals surface area contributed by atoms with Crippen LogP contribution in [-0.2, 0) is 4.74 Å². The van der Waals surface area contributed by atoms with Gasteiger partial charge in [-0.3, -0.25) is 0 Å². The summed E-state index contributed by atoms with van der Waals surface area (Å²) in [6.45, 7) is 1.49. The van der Waals surface area contributed by atoms with E-state index in [4.69, 9.17) is 9.15 Å². The zero-order chi connectivity index (χ0) is 12.2. The fraction of sp³-hybridized carbons (Fsp3) is 0.333. The summed E-state index contributed by atoms with van der Waals surface area (Å²) in [6, 6.07) is 13.1. The molecule has 3 nitrogen and oxygen atoms in total. The molecule has 2 aromatic rings. The monoisotopic (exact) mass is 243 g/mol. The molecule has 1 N–H and O–H groups in total. The molecule has 1 aliphatic heterocycles. The van der Waals surface area contributed by atoms with Crippen molar-refractivity contribution in [1.29, 1.82) is 0 Å². The Labute approximate surface area is 107 Å². The Morgan fingerprint density at radius 3 is 2.67 bits per heavy atom. The predicted octanol–water partition coefficient (Wildman–Crippen LogP) is 3.07. The van der Waals surface area contributed by atoms with Crippen LogP contribution in [0, 0.1) is 0 Å². The minimum atomic E-state index is 0.205. The number of benzene rings is 1. The van der Waals surface area contributed by atoms with Gasteiger partial charge >= 0.3 is 0 Å². The van der Waals surface area contributed by atoms with Crippen molar-refractivity contribution in [2.75, 3.05) is 13.2 Å². The van der Waals surface area contributed by atoms with Crippen LogP contribution in [0.5, 0.6) is 0 Å². The average Bonchev–Trinajstić information content (AvgIpc) is 2.85.